The highest BCUT2D eigenvalue weighted by Gasteiger charge is 2.49. The van der Waals surface area contributed by atoms with Crippen molar-refractivity contribution >= 4 is 5.96 Å². The molecule has 3 heteroatoms. The van der Waals surface area contributed by atoms with Gasteiger partial charge in [0.2, 0.25) is 0 Å². The second kappa shape index (κ2) is 9.28. The fraction of sp³-hybridized carbons (Fsp3) is 0.955. The van der Waals surface area contributed by atoms with Crippen LogP contribution >= 0.6 is 0 Å². The van der Waals surface area contributed by atoms with Gasteiger partial charge in [0.15, 0.2) is 5.96 Å². The average molecular weight is 348 g/mol. The van der Waals surface area contributed by atoms with Gasteiger partial charge in [0.25, 0.3) is 0 Å². The molecule has 0 unspecified atom stereocenters. The topological polar surface area (TPSA) is 61.9 Å². The van der Waals surface area contributed by atoms with Crippen LogP contribution in [-0.4, -0.2) is 12.5 Å². The van der Waals surface area contributed by atoms with Gasteiger partial charge in [-0.3, -0.25) is 5.41 Å². The third-order valence-corrected chi connectivity index (χ3v) is 7.97. The van der Waals surface area contributed by atoms with Gasteiger partial charge in [0, 0.05) is 6.54 Å². The molecular formula is C22H41N3. The van der Waals surface area contributed by atoms with E-state index in [-0.39, 0.29) is 5.96 Å². The van der Waals surface area contributed by atoms with E-state index in [0.717, 1.165) is 24.3 Å². The Balaban J connectivity index is 1.86. The summed E-state index contributed by atoms with van der Waals surface area (Å²) in [6.45, 7) is 0.916. The van der Waals surface area contributed by atoms with Gasteiger partial charge in [-0.2, -0.15) is 0 Å². The van der Waals surface area contributed by atoms with Crippen LogP contribution in [0.5, 0.6) is 0 Å². The van der Waals surface area contributed by atoms with Crippen molar-refractivity contribution in [1.29, 1.82) is 5.41 Å². The third-order valence-electron chi connectivity index (χ3n) is 7.97. The number of hydrogen-bond donors (Lipinski definition) is 3. The Morgan fingerprint density at radius 3 is 1.40 bits per heavy atom. The fourth-order valence-corrected chi connectivity index (χ4v) is 6.95. The molecule has 0 amide bonds. The summed E-state index contributed by atoms with van der Waals surface area (Å²) < 4.78 is 0. The van der Waals surface area contributed by atoms with Crippen molar-refractivity contribution < 1.29 is 0 Å². The molecule has 4 N–H and O–H groups in total. The number of nitrogens with two attached hydrogens (primary N) is 1. The van der Waals surface area contributed by atoms with Crippen LogP contribution in [-0.2, 0) is 0 Å². The van der Waals surface area contributed by atoms with Crippen LogP contribution in [0.3, 0.4) is 0 Å². The highest BCUT2D eigenvalue weighted by molar-refractivity contribution is 5.74. The van der Waals surface area contributed by atoms with Crippen molar-refractivity contribution in [2.75, 3.05) is 6.54 Å². The minimum atomic E-state index is 0.157. The number of guanidine groups is 1. The molecule has 0 aromatic rings. The standard InChI is InChI=1S/C22H41N3/c23-21(24)25-17-16-22(18-10-4-1-5-11-18,19-12-6-2-7-13-19)20-14-8-3-9-15-20/h18-20H,1-17H2,(H4,23,24,25). The van der Waals surface area contributed by atoms with Gasteiger partial charge in [-0.25, -0.2) is 0 Å². The van der Waals surface area contributed by atoms with E-state index in [1.807, 2.05) is 0 Å². The number of nitrogens with one attached hydrogen (secondary N) is 2. The highest BCUT2D eigenvalue weighted by atomic mass is 15.0. The predicted molar refractivity (Wildman–Crippen MR) is 107 cm³/mol. The van der Waals surface area contributed by atoms with Gasteiger partial charge >= 0.3 is 0 Å². The van der Waals surface area contributed by atoms with E-state index in [9.17, 15) is 0 Å². The van der Waals surface area contributed by atoms with Crippen LogP contribution in [0.1, 0.15) is 103 Å². The summed E-state index contributed by atoms with van der Waals surface area (Å²) >= 11 is 0. The molecule has 3 nitrogen and oxygen atoms in total. The third kappa shape index (κ3) is 4.52. The first kappa shape index (κ1) is 19.0. The molecule has 0 aromatic heterocycles. The molecule has 0 radical (unpaired) electrons. The summed E-state index contributed by atoms with van der Waals surface area (Å²) in [4.78, 5) is 0. The van der Waals surface area contributed by atoms with Gasteiger partial charge in [-0.15, -0.1) is 0 Å². The molecular weight excluding hydrogens is 306 g/mol. The number of hydrogen-bond acceptors (Lipinski definition) is 1. The smallest absolute Gasteiger partial charge is 0.185 e. The summed E-state index contributed by atoms with van der Waals surface area (Å²) in [7, 11) is 0. The Morgan fingerprint density at radius 1 is 0.720 bits per heavy atom. The van der Waals surface area contributed by atoms with Crippen LogP contribution in [0.15, 0.2) is 0 Å². The van der Waals surface area contributed by atoms with Crippen molar-refractivity contribution in [3.05, 3.63) is 0 Å². The van der Waals surface area contributed by atoms with E-state index in [1.165, 1.54) is 103 Å². The molecule has 25 heavy (non-hydrogen) atoms. The second-order valence-electron chi connectivity index (χ2n) is 9.21. The lowest BCUT2D eigenvalue weighted by Crippen LogP contribution is -2.49. The largest absolute Gasteiger partial charge is 0.370 e. The number of rotatable bonds is 6. The van der Waals surface area contributed by atoms with Crippen LogP contribution in [0.2, 0.25) is 0 Å². The average Bonchev–Trinajstić information content (AvgIpc) is 2.67. The molecule has 0 atom stereocenters. The maximum atomic E-state index is 7.60. The Labute approximate surface area is 155 Å². The van der Waals surface area contributed by atoms with Crippen molar-refractivity contribution in [3.63, 3.8) is 0 Å². The molecule has 0 aliphatic heterocycles. The van der Waals surface area contributed by atoms with Gasteiger partial charge in [0.05, 0.1) is 0 Å². The van der Waals surface area contributed by atoms with E-state index in [1.54, 1.807) is 0 Å². The molecule has 3 fully saturated rings. The molecule has 0 spiro atoms. The lowest BCUT2D eigenvalue weighted by molar-refractivity contribution is -0.0541. The molecule has 0 bridgehead atoms. The predicted octanol–water partition coefficient (Wildman–Crippen LogP) is 5.59. The van der Waals surface area contributed by atoms with Crippen LogP contribution in [0.4, 0.5) is 0 Å². The van der Waals surface area contributed by atoms with Crippen molar-refractivity contribution in [2.45, 2.75) is 103 Å². The van der Waals surface area contributed by atoms with Crippen molar-refractivity contribution in [2.24, 2.45) is 28.9 Å². The summed E-state index contributed by atoms with van der Waals surface area (Å²) in [5.74, 6) is 2.95. The summed E-state index contributed by atoms with van der Waals surface area (Å²) in [5.41, 5.74) is 6.16. The first-order valence-corrected chi connectivity index (χ1v) is 11.3. The molecule has 144 valence electrons. The van der Waals surface area contributed by atoms with Crippen LogP contribution < -0.4 is 11.1 Å². The van der Waals surface area contributed by atoms with E-state index in [0.29, 0.717) is 5.41 Å². The van der Waals surface area contributed by atoms with Crippen molar-refractivity contribution in [3.8, 4) is 0 Å². The zero-order valence-electron chi connectivity index (χ0n) is 16.3. The first-order valence-electron chi connectivity index (χ1n) is 11.3. The SMILES string of the molecule is N=C(N)NCCC(C1CCCCC1)(C1CCCCC1)C1CCCCC1. The second-order valence-corrected chi connectivity index (χ2v) is 9.21. The Morgan fingerprint density at radius 2 is 1.08 bits per heavy atom. The van der Waals surface area contributed by atoms with E-state index in [2.05, 4.69) is 5.32 Å². The van der Waals surface area contributed by atoms with Crippen LogP contribution in [0.25, 0.3) is 0 Å². The lowest BCUT2D eigenvalue weighted by Gasteiger charge is -2.55. The summed E-state index contributed by atoms with van der Waals surface area (Å²) in [6, 6.07) is 0. The Bertz CT molecular complexity index is 356. The maximum absolute atomic E-state index is 7.60. The molecule has 3 aliphatic carbocycles. The molecule has 3 saturated carbocycles. The van der Waals surface area contributed by atoms with Crippen molar-refractivity contribution in [1.82, 2.24) is 5.32 Å². The maximum Gasteiger partial charge on any atom is 0.185 e. The van der Waals surface area contributed by atoms with E-state index >= 15 is 0 Å². The van der Waals surface area contributed by atoms with Gasteiger partial charge < -0.3 is 11.1 Å². The van der Waals surface area contributed by atoms with Crippen LogP contribution in [0, 0.1) is 28.6 Å². The normalized spacial score (nSPS) is 25.0. The zero-order valence-corrected chi connectivity index (χ0v) is 16.3. The monoisotopic (exact) mass is 347 g/mol. The summed E-state index contributed by atoms with van der Waals surface area (Å²) in [5, 5.41) is 10.8. The minimum Gasteiger partial charge on any atom is -0.370 e. The van der Waals surface area contributed by atoms with Gasteiger partial charge in [-0.05, 0) is 68.1 Å². The first-order chi connectivity index (χ1) is 12.2. The summed E-state index contributed by atoms with van der Waals surface area (Å²) in [6.07, 6.45) is 23.1. The molecule has 0 saturated heterocycles. The van der Waals surface area contributed by atoms with Gasteiger partial charge in [0.1, 0.15) is 0 Å². The molecule has 0 heterocycles. The quantitative estimate of drug-likeness (QED) is 0.433. The van der Waals surface area contributed by atoms with E-state index in [4.69, 9.17) is 11.1 Å². The lowest BCUT2D eigenvalue weighted by atomic mass is 9.50. The Kier molecular flexibility index (Phi) is 7.07. The fourth-order valence-electron chi connectivity index (χ4n) is 6.95. The van der Waals surface area contributed by atoms with Gasteiger partial charge in [-0.1, -0.05) is 57.8 Å². The molecule has 3 rings (SSSR count). The minimum absolute atomic E-state index is 0.157. The Hall–Kier alpha value is -0.730. The molecule has 3 aliphatic rings. The molecule has 0 aromatic carbocycles. The zero-order chi connectivity index (χ0) is 17.5. The highest BCUT2D eigenvalue weighted by Crippen LogP contribution is 2.58. The van der Waals surface area contributed by atoms with E-state index < -0.39 is 0 Å².